The van der Waals surface area contributed by atoms with E-state index >= 15 is 0 Å². The molecule has 0 aromatic carbocycles. The van der Waals surface area contributed by atoms with Crippen LogP contribution in [0.5, 0.6) is 0 Å². The number of amides is 2. The average Bonchev–Trinajstić information content (AvgIpc) is 2.88. The van der Waals surface area contributed by atoms with Gasteiger partial charge in [-0.1, -0.05) is 13.8 Å². The molecule has 0 unspecified atom stereocenters. The van der Waals surface area contributed by atoms with Crippen molar-refractivity contribution < 1.29 is 9.90 Å². The molecule has 3 N–H and O–H groups in total. The minimum absolute atomic E-state index is 0.0981. The summed E-state index contributed by atoms with van der Waals surface area (Å²) in [6.07, 6.45) is 2.69. The maximum absolute atomic E-state index is 11.8. The number of aromatic nitrogens is 2. The number of anilines is 1. The molecule has 1 rings (SSSR count). The van der Waals surface area contributed by atoms with E-state index in [9.17, 15) is 9.90 Å². The first kappa shape index (κ1) is 17.0. The number of carbonyl (C=O) groups excluding carboxylic acids is 1. The summed E-state index contributed by atoms with van der Waals surface area (Å²) in [4.78, 5) is 11.8. The Kier molecular flexibility index (Phi) is 5.73. The number of nitrogens with zero attached hydrogens (tertiary/aromatic N) is 3. The lowest BCUT2D eigenvalue weighted by Crippen LogP contribution is -2.43. The number of nitrogens with one attached hydrogen (secondary N) is 2. The van der Waals surface area contributed by atoms with Crippen LogP contribution < -0.4 is 10.6 Å². The lowest BCUT2D eigenvalue weighted by Gasteiger charge is -2.25. The third-order valence-corrected chi connectivity index (χ3v) is 3.51. The number of carbonyl (C=O) groups is 1. The maximum atomic E-state index is 11.8. The van der Waals surface area contributed by atoms with Crippen LogP contribution in [-0.2, 0) is 0 Å². The number of nitriles is 1. The van der Waals surface area contributed by atoms with E-state index in [4.69, 9.17) is 5.26 Å². The van der Waals surface area contributed by atoms with Crippen LogP contribution in [0.25, 0.3) is 0 Å². The highest BCUT2D eigenvalue weighted by atomic mass is 16.3. The van der Waals surface area contributed by atoms with Gasteiger partial charge in [0.2, 0.25) is 0 Å². The Morgan fingerprint density at radius 2 is 2.14 bits per heavy atom. The van der Waals surface area contributed by atoms with Crippen molar-refractivity contribution in [3.8, 4) is 6.07 Å². The first-order chi connectivity index (χ1) is 9.85. The van der Waals surface area contributed by atoms with Gasteiger partial charge in [-0.25, -0.2) is 4.79 Å². The molecule has 7 nitrogen and oxygen atoms in total. The third kappa shape index (κ3) is 4.46. The lowest BCUT2D eigenvalue weighted by atomic mass is 9.98. The highest BCUT2D eigenvalue weighted by Gasteiger charge is 2.23. The van der Waals surface area contributed by atoms with Crippen molar-refractivity contribution in [1.82, 2.24) is 15.1 Å². The summed E-state index contributed by atoms with van der Waals surface area (Å²) < 4.78 is 1.61. The normalized spacial score (nSPS) is 11.3. The van der Waals surface area contributed by atoms with Crippen molar-refractivity contribution in [2.75, 3.05) is 11.9 Å². The molecule has 2 amide bonds. The van der Waals surface area contributed by atoms with Gasteiger partial charge in [0, 0.05) is 18.8 Å². The van der Waals surface area contributed by atoms with E-state index in [1.54, 1.807) is 10.9 Å². The maximum Gasteiger partial charge on any atom is 0.320 e. The third-order valence-electron chi connectivity index (χ3n) is 3.51. The molecule has 7 heteroatoms. The second kappa shape index (κ2) is 7.09. The van der Waals surface area contributed by atoms with Crippen molar-refractivity contribution in [1.29, 1.82) is 5.26 Å². The monoisotopic (exact) mass is 293 g/mol. The molecule has 0 aliphatic carbocycles. The molecule has 0 saturated heterocycles. The van der Waals surface area contributed by atoms with Crippen molar-refractivity contribution in [2.45, 2.75) is 52.2 Å². The molecule has 0 aliphatic heterocycles. The lowest BCUT2D eigenvalue weighted by molar-refractivity contribution is 0.0354. The standard InChI is InChI=1S/C14H23N5O2/c1-5-14(21,6-2)9-16-13(20)17-12-11(7-15)8-19(18-12)10(3)4/h8,10,21H,5-6,9H2,1-4H3,(H2,16,17,18,20). The predicted molar refractivity (Wildman–Crippen MR) is 79.9 cm³/mol. The van der Waals surface area contributed by atoms with Crippen molar-refractivity contribution in [2.24, 2.45) is 0 Å². The summed E-state index contributed by atoms with van der Waals surface area (Å²) in [5.74, 6) is 0.222. The minimum Gasteiger partial charge on any atom is -0.388 e. The number of hydrogen-bond donors (Lipinski definition) is 3. The summed E-state index contributed by atoms with van der Waals surface area (Å²) >= 11 is 0. The molecule has 0 fully saturated rings. The van der Waals surface area contributed by atoms with E-state index in [0.29, 0.717) is 18.4 Å². The van der Waals surface area contributed by atoms with Gasteiger partial charge in [0.1, 0.15) is 11.6 Å². The molecule has 1 aromatic rings. The fourth-order valence-electron chi connectivity index (χ4n) is 1.73. The quantitative estimate of drug-likeness (QED) is 0.746. The molecule has 0 aliphatic rings. The molecule has 1 heterocycles. The van der Waals surface area contributed by atoms with Gasteiger partial charge in [0.15, 0.2) is 5.82 Å². The zero-order valence-corrected chi connectivity index (χ0v) is 13.0. The van der Waals surface area contributed by atoms with E-state index < -0.39 is 11.6 Å². The van der Waals surface area contributed by atoms with Gasteiger partial charge in [0.25, 0.3) is 0 Å². The fraction of sp³-hybridized carbons (Fsp3) is 0.643. The van der Waals surface area contributed by atoms with Crippen LogP contribution in [0.2, 0.25) is 0 Å². The molecule has 1 aromatic heterocycles. The Morgan fingerprint density at radius 3 is 2.62 bits per heavy atom. The molecule has 0 radical (unpaired) electrons. The summed E-state index contributed by atoms with van der Waals surface area (Å²) in [5.41, 5.74) is -0.604. The molecule has 0 saturated carbocycles. The fourth-order valence-corrected chi connectivity index (χ4v) is 1.73. The smallest absolute Gasteiger partial charge is 0.320 e. The van der Waals surface area contributed by atoms with Gasteiger partial charge in [-0.05, 0) is 26.7 Å². The van der Waals surface area contributed by atoms with Gasteiger partial charge >= 0.3 is 6.03 Å². The highest BCUT2D eigenvalue weighted by Crippen LogP contribution is 2.16. The van der Waals surface area contributed by atoms with Crippen LogP contribution in [-0.4, -0.2) is 33.1 Å². The van der Waals surface area contributed by atoms with E-state index in [1.165, 1.54) is 0 Å². The molecular weight excluding hydrogens is 270 g/mol. The summed E-state index contributed by atoms with van der Waals surface area (Å²) in [6, 6.07) is 1.61. The van der Waals surface area contributed by atoms with Crippen LogP contribution >= 0.6 is 0 Å². The largest absolute Gasteiger partial charge is 0.388 e. The highest BCUT2D eigenvalue weighted by molar-refractivity contribution is 5.89. The summed E-state index contributed by atoms with van der Waals surface area (Å²) in [5, 5.41) is 28.5. The van der Waals surface area contributed by atoms with Crippen LogP contribution in [0.15, 0.2) is 6.20 Å². The van der Waals surface area contributed by atoms with Crippen LogP contribution in [0.4, 0.5) is 10.6 Å². The predicted octanol–water partition coefficient (Wildman–Crippen LogP) is 2.01. The van der Waals surface area contributed by atoms with Gasteiger partial charge in [-0.15, -0.1) is 0 Å². The number of aliphatic hydroxyl groups is 1. The molecule has 0 spiro atoms. The molecule has 0 bridgehead atoms. The van der Waals surface area contributed by atoms with E-state index in [0.717, 1.165) is 0 Å². The minimum atomic E-state index is -0.910. The van der Waals surface area contributed by atoms with E-state index in [2.05, 4.69) is 15.7 Å². The Labute approximate surface area is 125 Å². The Morgan fingerprint density at radius 1 is 1.52 bits per heavy atom. The molecule has 21 heavy (non-hydrogen) atoms. The first-order valence-electron chi connectivity index (χ1n) is 7.11. The van der Waals surface area contributed by atoms with Crippen LogP contribution in [0.1, 0.15) is 52.1 Å². The van der Waals surface area contributed by atoms with Gasteiger partial charge in [-0.3, -0.25) is 10.00 Å². The first-order valence-corrected chi connectivity index (χ1v) is 7.11. The zero-order chi connectivity index (χ0) is 16.0. The second-order valence-corrected chi connectivity index (χ2v) is 5.32. The summed E-state index contributed by atoms with van der Waals surface area (Å²) in [7, 11) is 0. The molecule has 116 valence electrons. The van der Waals surface area contributed by atoms with Crippen molar-refractivity contribution in [3.05, 3.63) is 11.8 Å². The van der Waals surface area contributed by atoms with E-state index in [-0.39, 0.29) is 18.4 Å². The topological polar surface area (TPSA) is 103 Å². The van der Waals surface area contributed by atoms with Gasteiger partial charge in [0.05, 0.1) is 5.60 Å². The van der Waals surface area contributed by atoms with Crippen molar-refractivity contribution >= 4 is 11.8 Å². The van der Waals surface area contributed by atoms with Gasteiger partial charge in [-0.2, -0.15) is 10.4 Å². The Balaban J connectivity index is 2.69. The van der Waals surface area contributed by atoms with Gasteiger partial charge < -0.3 is 10.4 Å². The Hall–Kier alpha value is -2.07. The van der Waals surface area contributed by atoms with Crippen molar-refractivity contribution in [3.63, 3.8) is 0 Å². The zero-order valence-electron chi connectivity index (χ0n) is 13.0. The Bertz CT molecular complexity index is 526. The van der Waals surface area contributed by atoms with E-state index in [1.807, 2.05) is 33.8 Å². The number of rotatable bonds is 6. The number of urea groups is 1. The molecule has 0 atom stereocenters. The SMILES string of the molecule is CCC(O)(CC)CNC(=O)Nc1nn(C(C)C)cc1C#N. The molecular formula is C14H23N5O2. The summed E-state index contributed by atoms with van der Waals surface area (Å²) in [6.45, 7) is 7.74. The van der Waals surface area contributed by atoms with Crippen LogP contribution in [0.3, 0.4) is 0 Å². The second-order valence-electron chi connectivity index (χ2n) is 5.32. The average molecular weight is 293 g/mol. The number of hydrogen-bond acceptors (Lipinski definition) is 4. The van der Waals surface area contributed by atoms with Crippen LogP contribution in [0, 0.1) is 11.3 Å².